The van der Waals surface area contributed by atoms with Gasteiger partial charge in [-0.05, 0) is 64.0 Å². The molecule has 2 aromatic heterocycles. The molecule has 0 fully saturated rings. The second kappa shape index (κ2) is 8.15. The van der Waals surface area contributed by atoms with Crippen LogP contribution in [0.2, 0.25) is 0 Å². The van der Waals surface area contributed by atoms with Crippen LogP contribution in [-0.4, -0.2) is 22.3 Å². The minimum absolute atomic E-state index is 0.0889. The highest BCUT2D eigenvalue weighted by Crippen LogP contribution is 2.18. The Labute approximate surface area is 158 Å². The minimum Gasteiger partial charge on any atom is -0.363 e. The number of benzene rings is 1. The molecule has 0 radical (unpaired) electrons. The molecule has 25 heavy (non-hydrogen) atoms. The summed E-state index contributed by atoms with van der Waals surface area (Å²) in [5.41, 5.74) is 1.78. The van der Waals surface area contributed by atoms with Gasteiger partial charge in [0.1, 0.15) is 11.6 Å². The molecule has 6 heteroatoms. The summed E-state index contributed by atoms with van der Waals surface area (Å²) in [7, 11) is 0. The number of ketones is 1. The average molecular weight is 447 g/mol. The predicted octanol–water partition coefficient (Wildman–Crippen LogP) is 4.11. The van der Waals surface area contributed by atoms with E-state index in [1.807, 2.05) is 18.2 Å². The Kier molecular flexibility index (Phi) is 5.70. The number of carbonyl (C=O) groups excluding carboxylic acids is 1. The molecule has 0 atom stereocenters. The molecule has 0 saturated carbocycles. The van der Waals surface area contributed by atoms with Crippen molar-refractivity contribution in [3.8, 4) is 0 Å². The molecule has 0 aliphatic heterocycles. The first kappa shape index (κ1) is 17.5. The van der Waals surface area contributed by atoms with Crippen molar-refractivity contribution in [2.45, 2.75) is 6.42 Å². The van der Waals surface area contributed by atoms with Gasteiger partial charge >= 0.3 is 0 Å². The van der Waals surface area contributed by atoms with Crippen LogP contribution in [0.4, 0.5) is 10.2 Å². The van der Waals surface area contributed by atoms with E-state index in [0.717, 1.165) is 3.57 Å². The van der Waals surface area contributed by atoms with Crippen LogP contribution in [0, 0.1) is 9.39 Å². The smallest absolute Gasteiger partial charge is 0.182 e. The lowest BCUT2D eigenvalue weighted by Crippen LogP contribution is -2.16. The number of rotatable bonds is 6. The zero-order chi connectivity index (χ0) is 17.6. The van der Waals surface area contributed by atoms with Gasteiger partial charge in [-0.3, -0.25) is 9.78 Å². The molecular weight excluding hydrogens is 432 g/mol. The number of nitrogens with zero attached hydrogens (tertiary/aromatic N) is 2. The van der Waals surface area contributed by atoms with E-state index in [1.54, 1.807) is 36.8 Å². The number of pyridine rings is 2. The summed E-state index contributed by atoms with van der Waals surface area (Å²) in [4.78, 5) is 20.8. The summed E-state index contributed by atoms with van der Waals surface area (Å²) in [6.45, 7) is 0.114. The van der Waals surface area contributed by atoms with Crippen LogP contribution in [0.5, 0.6) is 0 Å². The number of hydrogen-bond donors (Lipinski definition) is 1. The lowest BCUT2D eigenvalue weighted by atomic mass is 9.99. The molecule has 4 nitrogen and oxygen atoms in total. The standard InChI is InChI=1S/C19H15FIN3O/c20-17-10-15(21)5-4-13(17)9-14-11-22-8-6-16(14)18(25)12-24-19-3-1-2-7-23-19/h1-8,10-11H,9,12H2,(H,23,24). The number of hydrogen-bond acceptors (Lipinski definition) is 4. The zero-order valence-corrected chi connectivity index (χ0v) is 15.4. The second-order valence-corrected chi connectivity index (χ2v) is 6.68. The van der Waals surface area contributed by atoms with Crippen molar-refractivity contribution in [3.63, 3.8) is 0 Å². The van der Waals surface area contributed by atoms with Crippen molar-refractivity contribution in [1.82, 2.24) is 9.97 Å². The van der Waals surface area contributed by atoms with Crippen LogP contribution in [0.1, 0.15) is 21.5 Å². The number of aromatic nitrogens is 2. The third-order valence-corrected chi connectivity index (χ3v) is 4.37. The van der Waals surface area contributed by atoms with Crippen LogP contribution in [0.25, 0.3) is 0 Å². The maximum absolute atomic E-state index is 14.1. The topological polar surface area (TPSA) is 54.9 Å². The summed E-state index contributed by atoms with van der Waals surface area (Å²) in [6.07, 6.45) is 5.17. The van der Waals surface area contributed by atoms with E-state index in [-0.39, 0.29) is 18.1 Å². The fourth-order valence-electron chi connectivity index (χ4n) is 2.44. The molecule has 0 amide bonds. The summed E-state index contributed by atoms with van der Waals surface area (Å²) in [6, 6.07) is 12.2. The molecule has 0 aliphatic carbocycles. The zero-order valence-electron chi connectivity index (χ0n) is 13.2. The Hall–Kier alpha value is -2.35. The fraction of sp³-hybridized carbons (Fsp3) is 0.105. The SMILES string of the molecule is O=C(CNc1ccccn1)c1ccncc1Cc1ccc(I)cc1F. The van der Waals surface area contributed by atoms with E-state index in [9.17, 15) is 9.18 Å². The predicted molar refractivity (Wildman–Crippen MR) is 103 cm³/mol. The molecule has 1 N–H and O–H groups in total. The summed E-state index contributed by atoms with van der Waals surface area (Å²) in [5, 5.41) is 3.00. The Balaban J connectivity index is 1.77. The lowest BCUT2D eigenvalue weighted by molar-refractivity contribution is 0.100. The first-order valence-electron chi connectivity index (χ1n) is 7.68. The monoisotopic (exact) mass is 447 g/mol. The molecule has 0 unspecified atom stereocenters. The van der Waals surface area contributed by atoms with Crippen LogP contribution in [-0.2, 0) is 6.42 Å². The van der Waals surface area contributed by atoms with Gasteiger partial charge in [0, 0.05) is 34.1 Å². The van der Waals surface area contributed by atoms with Crippen LogP contribution < -0.4 is 5.32 Å². The number of Topliss-reactive ketones (excluding diaryl/α,β-unsaturated/α-hetero) is 1. The summed E-state index contributed by atoms with van der Waals surface area (Å²) >= 11 is 2.07. The van der Waals surface area contributed by atoms with E-state index in [2.05, 4.69) is 37.9 Å². The molecule has 0 saturated heterocycles. The molecule has 126 valence electrons. The van der Waals surface area contributed by atoms with Gasteiger partial charge in [-0.25, -0.2) is 9.37 Å². The van der Waals surface area contributed by atoms with Gasteiger partial charge in [-0.1, -0.05) is 12.1 Å². The van der Waals surface area contributed by atoms with Gasteiger partial charge in [0.15, 0.2) is 5.78 Å². The number of nitrogens with one attached hydrogen (secondary N) is 1. The van der Waals surface area contributed by atoms with E-state index < -0.39 is 0 Å². The van der Waals surface area contributed by atoms with Gasteiger partial charge in [0.2, 0.25) is 0 Å². The van der Waals surface area contributed by atoms with Gasteiger partial charge < -0.3 is 5.32 Å². The normalized spacial score (nSPS) is 10.5. The molecule has 3 rings (SSSR count). The van der Waals surface area contributed by atoms with Gasteiger partial charge in [-0.2, -0.15) is 0 Å². The van der Waals surface area contributed by atoms with E-state index in [1.165, 1.54) is 6.07 Å². The van der Waals surface area contributed by atoms with Crippen molar-refractivity contribution in [2.24, 2.45) is 0 Å². The Bertz CT molecular complexity index is 887. The molecule has 0 bridgehead atoms. The number of carbonyl (C=O) groups is 1. The maximum Gasteiger partial charge on any atom is 0.182 e. The number of anilines is 1. The molecule has 0 spiro atoms. The van der Waals surface area contributed by atoms with Crippen LogP contribution >= 0.6 is 22.6 Å². The van der Waals surface area contributed by atoms with E-state index in [0.29, 0.717) is 28.9 Å². The Morgan fingerprint density at radius 3 is 2.76 bits per heavy atom. The molecule has 0 aliphatic rings. The number of halogens is 2. The highest BCUT2D eigenvalue weighted by atomic mass is 127. The van der Waals surface area contributed by atoms with Gasteiger partial charge in [-0.15, -0.1) is 0 Å². The van der Waals surface area contributed by atoms with Crippen LogP contribution in [0.15, 0.2) is 61.1 Å². The van der Waals surface area contributed by atoms with Crippen molar-refractivity contribution >= 4 is 34.2 Å². The van der Waals surface area contributed by atoms with Gasteiger partial charge in [0.05, 0.1) is 6.54 Å². The molecule has 1 aromatic carbocycles. The van der Waals surface area contributed by atoms with Crippen molar-refractivity contribution in [1.29, 1.82) is 0 Å². The van der Waals surface area contributed by atoms with E-state index >= 15 is 0 Å². The third kappa shape index (κ3) is 4.60. The highest BCUT2D eigenvalue weighted by Gasteiger charge is 2.13. The third-order valence-electron chi connectivity index (χ3n) is 3.69. The Morgan fingerprint density at radius 1 is 1.12 bits per heavy atom. The first-order chi connectivity index (χ1) is 12.1. The van der Waals surface area contributed by atoms with Crippen molar-refractivity contribution in [3.05, 3.63) is 87.1 Å². The van der Waals surface area contributed by atoms with Gasteiger partial charge in [0.25, 0.3) is 0 Å². The maximum atomic E-state index is 14.1. The van der Waals surface area contributed by atoms with E-state index in [4.69, 9.17) is 0 Å². The molecular formula is C19H15FIN3O. The van der Waals surface area contributed by atoms with Crippen molar-refractivity contribution < 1.29 is 9.18 Å². The second-order valence-electron chi connectivity index (χ2n) is 5.44. The minimum atomic E-state index is -0.277. The largest absolute Gasteiger partial charge is 0.363 e. The summed E-state index contributed by atoms with van der Waals surface area (Å²) < 4.78 is 14.9. The lowest BCUT2D eigenvalue weighted by Gasteiger charge is -2.10. The molecule has 3 aromatic rings. The highest BCUT2D eigenvalue weighted by molar-refractivity contribution is 14.1. The average Bonchev–Trinajstić information content (AvgIpc) is 2.63. The first-order valence-corrected chi connectivity index (χ1v) is 8.76. The summed E-state index contributed by atoms with van der Waals surface area (Å²) in [5.74, 6) is 0.268. The van der Waals surface area contributed by atoms with Crippen LogP contribution in [0.3, 0.4) is 0 Å². The fourth-order valence-corrected chi connectivity index (χ4v) is 2.90. The molecule has 2 heterocycles. The quantitative estimate of drug-likeness (QED) is 0.457. The Morgan fingerprint density at radius 2 is 2.00 bits per heavy atom. The van der Waals surface area contributed by atoms with Crippen molar-refractivity contribution in [2.75, 3.05) is 11.9 Å².